The van der Waals surface area contributed by atoms with Crippen LogP contribution in [-0.4, -0.2) is 23.5 Å². The van der Waals surface area contributed by atoms with E-state index in [0.29, 0.717) is 13.0 Å². The van der Waals surface area contributed by atoms with Crippen molar-refractivity contribution in [3.05, 3.63) is 30.3 Å². The number of amidine groups is 1. The zero-order chi connectivity index (χ0) is 14.3. The highest BCUT2D eigenvalue weighted by Crippen LogP contribution is 2.18. The van der Waals surface area contributed by atoms with E-state index in [0.717, 1.165) is 12.1 Å². The average Bonchev–Trinajstić information content (AvgIpc) is 2.47. The van der Waals surface area contributed by atoms with Crippen molar-refractivity contribution in [2.75, 3.05) is 11.4 Å². The molecule has 5 heteroatoms. The molecule has 0 saturated heterocycles. The summed E-state index contributed by atoms with van der Waals surface area (Å²) in [7, 11) is 0. The molecule has 1 rings (SSSR count). The van der Waals surface area contributed by atoms with Crippen molar-refractivity contribution in [3.63, 3.8) is 0 Å². The minimum absolute atomic E-state index is 0.0486. The largest absolute Gasteiger partial charge is 0.409 e. The van der Waals surface area contributed by atoms with Crippen LogP contribution in [0.4, 0.5) is 5.69 Å². The molecule has 0 aromatic heterocycles. The van der Waals surface area contributed by atoms with Crippen LogP contribution in [-0.2, 0) is 4.79 Å². The molecule has 1 amide bonds. The number of rotatable bonds is 6. The summed E-state index contributed by atoms with van der Waals surface area (Å²) in [6.45, 7) is 4.29. The predicted octanol–water partition coefficient (Wildman–Crippen LogP) is 2.20. The topological polar surface area (TPSA) is 78.9 Å². The minimum atomic E-state index is -0.0486. The Morgan fingerprint density at radius 2 is 2.05 bits per heavy atom. The Balaban J connectivity index is 2.88. The first kappa shape index (κ1) is 15.0. The first-order chi connectivity index (χ1) is 9.10. The number of hydrogen-bond donors (Lipinski definition) is 2. The Kier molecular flexibility index (Phi) is 5.85. The summed E-state index contributed by atoms with van der Waals surface area (Å²) in [6, 6.07) is 9.43. The van der Waals surface area contributed by atoms with Gasteiger partial charge in [-0.05, 0) is 18.6 Å². The second-order valence-electron chi connectivity index (χ2n) is 4.48. The lowest BCUT2D eigenvalue weighted by molar-refractivity contribution is -0.121. The molecule has 0 bridgehead atoms. The van der Waals surface area contributed by atoms with E-state index in [9.17, 15) is 4.79 Å². The van der Waals surface area contributed by atoms with Gasteiger partial charge in [0.2, 0.25) is 5.91 Å². The van der Waals surface area contributed by atoms with Gasteiger partial charge in [-0.2, -0.15) is 0 Å². The maximum absolute atomic E-state index is 12.4. The molecular formula is C14H21N3O2. The first-order valence-electron chi connectivity index (χ1n) is 6.43. The number of carbonyl (C=O) groups excluding carboxylic acids is 1. The lowest BCUT2D eigenvalue weighted by atomic mass is 10.1. The standard InChI is InChI=1S/C14H21N3O2/c1-3-11(2)14(18)17(10-9-13(15)16-19)12-7-5-4-6-8-12/h4-8,11,19H,3,9-10H2,1-2H3,(H2,15,16). The first-order valence-corrected chi connectivity index (χ1v) is 6.43. The van der Waals surface area contributed by atoms with Crippen LogP contribution in [0.3, 0.4) is 0 Å². The average molecular weight is 263 g/mol. The monoisotopic (exact) mass is 263 g/mol. The third-order valence-corrected chi connectivity index (χ3v) is 3.09. The fraction of sp³-hybridized carbons (Fsp3) is 0.429. The molecule has 1 atom stereocenters. The molecule has 0 aliphatic carbocycles. The summed E-state index contributed by atoms with van der Waals surface area (Å²) >= 11 is 0. The summed E-state index contributed by atoms with van der Waals surface area (Å²) < 4.78 is 0. The highest BCUT2D eigenvalue weighted by molar-refractivity contribution is 5.95. The van der Waals surface area contributed by atoms with Crippen LogP contribution >= 0.6 is 0 Å². The summed E-state index contributed by atoms with van der Waals surface area (Å²) in [4.78, 5) is 14.0. The number of nitrogens with zero attached hydrogens (tertiary/aromatic N) is 2. The lowest BCUT2D eigenvalue weighted by Gasteiger charge is -2.25. The van der Waals surface area contributed by atoms with Gasteiger partial charge in [0.1, 0.15) is 5.84 Å². The third kappa shape index (κ3) is 4.28. The van der Waals surface area contributed by atoms with E-state index < -0.39 is 0 Å². The zero-order valence-electron chi connectivity index (χ0n) is 11.4. The molecule has 0 heterocycles. The van der Waals surface area contributed by atoms with Gasteiger partial charge in [-0.15, -0.1) is 0 Å². The molecule has 0 radical (unpaired) electrons. The molecule has 0 fully saturated rings. The van der Waals surface area contributed by atoms with Crippen molar-refractivity contribution < 1.29 is 10.0 Å². The van der Waals surface area contributed by atoms with Crippen molar-refractivity contribution in [3.8, 4) is 0 Å². The Morgan fingerprint density at radius 3 is 2.58 bits per heavy atom. The van der Waals surface area contributed by atoms with Gasteiger partial charge in [-0.3, -0.25) is 4.79 Å². The van der Waals surface area contributed by atoms with E-state index in [1.807, 2.05) is 44.2 Å². The number of carbonyl (C=O) groups is 1. The number of oxime groups is 1. The van der Waals surface area contributed by atoms with Crippen LogP contribution < -0.4 is 10.6 Å². The fourth-order valence-electron chi connectivity index (χ4n) is 1.69. The molecule has 0 aliphatic heterocycles. The number of anilines is 1. The predicted molar refractivity (Wildman–Crippen MR) is 76.3 cm³/mol. The number of nitrogens with two attached hydrogens (primary N) is 1. The van der Waals surface area contributed by atoms with Gasteiger partial charge in [-0.1, -0.05) is 37.2 Å². The van der Waals surface area contributed by atoms with Crippen LogP contribution in [0.5, 0.6) is 0 Å². The summed E-state index contributed by atoms with van der Waals surface area (Å²) in [6.07, 6.45) is 1.12. The highest BCUT2D eigenvalue weighted by atomic mass is 16.4. The van der Waals surface area contributed by atoms with Gasteiger partial charge in [0, 0.05) is 24.6 Å². The smallest absolute Gasteiger partial charge is 0.229 e. The molecule has 0 spiro atoms. The minimum Gasteiger partial charge on any atom is -0.409 e. The van der Waals surface area contributed by atoms with Gasteiger partial charge < -0.3 is 15.8 Å². The Hall–Kier alpha value is -2.04. The zero-order valence-corrected chi connectivity index (χ0v) is 11.4. The van der Waals surface area contributed by atoms with E-state index in [2.05, 4.69) is 5.16 Å². The summed E-state index contributed by atoms with van der Waals surface area (Å²) in [5.74, 6) is 0.129. The van der Waals surface area contributed by atoms with Gasteiger partial charge in [0.05, 0.1) is 0 Å². The summed E-state index contributed by atoms with van der Waals surface area (Å²) in [5, 5.41) is 11.5. The number of benzene rings is 1. The van der Waals surface area contributed by atoms with E-state index in [1.165, 1.54) is 0 Å². The van der Waals surface area contributed by atoms with Crippen molar-refractivity contribution in [1.82, 2.24) is 0 Å². The Morgan fingerprint density at radius 1 is 1.42 bits per heavy atom. The molecule has 1 unspecified atom stereocenters. The van der Waals surface area contributed by atoms with E-state index >= 15 is 0 Å². The molecular weight excluding hydrogens is 242 g/mol. The molecule has 1 aromatic rings. The maximum atomic E-state index is 12.4. The number of hydrogen-bond acceptors (Lipinski definition) is 3. The maximum Gasteiger partial charge on any atom is 0.229 e. The van der Waals surface area contributed by atoms with Crippen LogP contribution in [0, 0.1) is 5.92 Å². The van der Waals surface area contributed by atoms with Crippen molar-refractivity contribution in [1.29, 1.82) is 0 Å². The summed E-state index contributed by atoms with van der Waals surface area (Å²) in [5.41, 5.74) is 6.30. The van der Waals surface area contributed by atoms with Gasteiger partial charge in [0.25, 0.3) is 0 Å². The molecule has 0 aliphatic rings. The highest BCUT2D eigenvalue weighted by Gasteiger charge is 2.20. The quantitative estimate of drug-likeness (QED) is 0.357. The van der Waals surface area contributed by atoms with Crippen LogP contribution in [0.1, 0.15) is 26.7 Å². The molecule has 5 nitrogen and oxygen atoms in total. The van der Waals surface area contributed by atoms with Crippen LogP contribution in [0.2, 0.25) is 0 Å². The lowest BCUT2D eigenvalue weighted by Crippen LogP contribution is -2.37. The van der Waals surface area contributed by atoms with Crippen LogP contribution in [0.25, 0.3) is 0 Å². The molecule has 19 heavy (non-hydrogen) atoms. The molecule has 0 saturated carbocycles. The van der Waals surface area contributed by atoms with Gasteiger partial charge in [0.15, 0.2) is 0 Å². The van der Waals surface area contributed by atoms with Gasteiger partial charge >= 0.3 is 0 Å². The Bertz CT molecular complexity index is 432. The van der Waals surface area contributed by atoms with Gasteiger partial charge in [-0.25, -0.2) is 0 Å². The fourth-order valence-corrected chi connectivity index (χ4v) is 1.69. The van der Waals surface area contributed by atoms with Crippen molar-refractivity contribution >= 4 is 17.4 Å². The van der Waals surface area contributed by atoms with E-state index in [-0.39, 0.29) is 17.7 Å². The number of amides is 1. The van der Waals surface area contributed by atoms with Crippen molar-refractivity contribution in [2.24, 2.45) is 16.8 Å². The third-order valence-electron chi connectivity index (χ3n) is 3.09. The second-order valence-corrected chi connectivity index (χ2v) is 4.48. The Labute approximate surface area is 113 Å². The van der Waals surface area contributed by atoms with E-state index in [4.69, 9.17) is 10.9 Å². The molecule has 1 aromatic carbocycles. The number of para-hydroxylation sites is 1. The second kappa shape index (κ2) is 7.41. The SMILES string of the molecule is CCC(C)C(=O)N(CC/C(N)=N/O)c1ccccc1. The molecule has 3 N–H and O–H groups in total. The van der Waals surface area contributed by atoms with Crippen LogP contribution in [0.15, 0.2) is 35.5 Å². The normalized spacial score (nSPS) is 13.1. The molecule has 104 valence electrons. The van der Waals surface area contributed by atoms with Crippen molar-refractivity contribution in [2.45, 2.75) is 26.7 Å². The van der Waals surface area contributed by atoms with E-state index in [1.54, 1.807) is 4.90 Å².